The highest BCUT2D eigenvalue weighted by Crippen LogP contribution is 2.21. The molecule has 2 N–H and O–H groups in total. The molecule has 5 nitrogen and oxygen atoms in total. The molecule has 2 saturated heterocycles. The number of carbonyl (C=O) groups is 1. The summed E-state index contributed by atoms with van der Waals surface area (Å²) < 4.78 is 0. The predicted molar refractivity (Wildman–Crippen MR) is 70.9 cm³/mol. The number of amides is 1. The van der Waals surface area contributed by atoms with Crippen molar-refractivity contribution < 1.29 is 9.90 Å². The van der Waals surface area contributed by atoms with Crippen LogP contribution in [0.25, 0.3) is 0 Å². The first-order valence-corrected chi connectivity index (χ1v) is 7.16. The van der Waals surface area contributed by atoms with Gasteiger partial charge in [0.1, 0.15) is 0 Å². The number of hydrogen-bond acceptors (Lipinski definition) is 3. The molecular formula is C13H25N3O2. The maximum absolute atomic E-state index is 11.1. The summed E-state index contributed by atoms with van der Waals surface area (Å²) in [4.78, 5) is 15.3. The van der Waals surface area contributed by atoms with Gasteiger partial charge in [-0.15, -0.1) is 0 Å². The van der Waals surface area contributed by atoms with Gasteiger partial charge < -0.3 is 20.2 Å². The average Bonchev–Trinajstić information content (AvgIpc) is 2.41. The van der Waals surface area contributed by atoms with Crippen molar-refractivity contribution >= 4 is 6.09 Å². The van der Waals surface area contributed by atoms with Crippen molar-refractivity contribution in [3.63, 3.8) is 0 Å². The summed E-state index contributed by atoms with van der Waals surface area (Å²) >= 11 is 0. The monoisotopic (exact) mass is 255 g/mol. The normalized spacial score (nSPS) is 24.1. The van der Waals surface area contributed by atoms with Crippen LogP contribution in [0, 0.1) is 0 Å². The van der Waals surface area contributed by atoms with Gasteiger partial charge in [0.15, 0.2) is 0 Å². The van der Waals surface area contributed by atoms with Gasteiger partial charge in [-0.3, -0.25) is 0 Å². The highest BCUT2D eigenvalue weighted by Gasteiger charge is 2.30. The zero-order chi connectivity index (χ0) is 13.0. The molecule has 2 fully saturated rings. The minimum absolute atomic E-state index is 0.227. The molecule has 0 atom stereocenters. The van der Waals surface area contributed by atoms with E-state index in [1.807, 2.05) is 6.92 Å². The van der Waals surface area contributed by atoms with E-state index in [-0.39, 0.29) is 6.04 Å². The number of hydrogen-bond donors (Lipinski definition) is 2. The summed E-state index contributed by atoms with van der Waals surface area (Å²) in [6.07, 6.45) is 3.69. The molecule has 5 heteroatoms. The fraction of sp³-hybridized carbons (Fsp3) is 0.923. The Morgan fingerprint density at radius 3 is 2.39 bits per heavy atom. The number of likely N-dealkylation sites (tertiary alicyclic amines) is 1. The number of carboxylic acid groups (broad SMARTS) is 1. The van der Waals surface area contributed by atoms with Crippen LogP contribution in [0.3, 0.4) is 0 Å². The van der Waals surface area contributed by atoms with Crippen molar-refractivity contribution in [2.24, 2.45) is 0 Å². The number of rotatable bonds is 3. The van der Waals surface area contributed by atoms with Gasteiger partial charge in [0.05, 0.1) is 0 Å². The smallest absolute Gasteiger partial charge is 0.407 e. The van der Waals surface area contributed by atoms with Crippen LogP contribution in [0.4, 0.5) is 4.79 Å². The van der Waals surface area contributed by atoms with E-state index in [1.54, 1.807) is 4.90 Å². The van der Waals surface area contributed by atoms with Crippen LogP contribution in [-0.2, 0) is 0 Å². The molecular weight excluding hydrogens is 230 g/mol. The van der Waals surface area contributed by atoms with E-state index in [4.69, 9.17) is 5.11 Å². The number of nitrogens with zero attached hydrogens (tertiary/aromatic N) is 2. The molecule has 0 aliphatic carbocycles. The Labute approximate surface area is 109 Å². The summed E-state index contributed by atoms with van der Waals surface area (Å²) in [5.74, 6) is 0. The minimum atomic E-state index is -0.766. The van der Waals surface area contributed by atoms with E-state index in [1.165, 1.54) is 12.8 Å². The number of piperidine rings is 2. The fourth-order valence-electron chi connectivity index (χ4n) is 3.28. The van der Waals surface area contributed by atoms with Gasteiger partial charge in [-0.25, -0.2) is 4.79 Å². The maximum Gasteiger partial charge on any atom is 0.407 e. The highest BCUT2D eigenvalue weighted by atomic mass is 16.4. The zero-order valence-corrected chi connectivity index (χ0v) is 11.3. The van der Waals surface area contributed by atoms with Crippen molar-refractivity contribution in [1.29, 1.82) is 0 Å². The molecule has 2 aliphatic heterocycles. The third kappa shape index (κ3) is 3.14. The van der Waals surface area contributed by atoms with E-state index in [0.29, 0.717) is 12.6 Å². The second kappa shape index (κ2) is 6.38. The lowest BCUT2D eigenvalue weighted by atomic mass is 9.98. The van der Waals surface area contributed by atoms with Gasteiger partial charge >= 0.3 is 6.09 Å². The molecule has 2 rings (SSSR count). The van der Waals surface area contributed by atoms with Gasteiger partial charge in [-0.05, 0) is 45.7 Å². The molecule has 0 bridgehead atoms. The first-order chi connectivity index (χ1) is 8.72. The Morgan fingerprint density at radius 2 is 1.89 bits per heavy atom. The standard InChI is InChI=1S/C13H25N3O2/c1-2-16(13(17)18)12-5-9-15(10-6-12)11-3-7-14-8-4-11/h11-12,14H,2-10H2,1H3,(H,17,18). The predicted octanol–water partition coefficient (Wildman–Crippen LogP) is 1.20. The van der Waals surface area contributed by atoms with Crippen molar-refractivity contribution in [2.45, 2.75) is 44.7 Å². The van der Waals surface area contributed by atoms with Crippen molar-refractivity contribution in [1.82, 2.24) is 15.1 Å². The Hall–Kier alpha value is -0.810. The lowest BCUT2D eigenvalue weighted by molar-refractivity contribution is 0.0706. The number of nitrogens with one attached hydrogen (secondary N) is 1. The molecule has 18 heavy (non-hydrogen) atoms. The Morgan fingerprint density at radius 1 is 1.28 bits per heavy atom. The maximum atomic E-state index is 11.1. The first-order valence-electron chi connectivity index (χ1n) is 7.16. The zero-order valence-electron chi connectivity index (χ0n) is 11.3. The molecule has 0 radical (unpaired) electrons. The van der Waals surface area contributed by atoms with Crippen LogP contribution in [0.2, 0.25) is 0 Å². The quantitative estimate of drug-likeness (QED) is 0.796. The summed E-state index contributed by atoms with van der Waals surface area (Å²) in [7, 11) is 0. The molecule has 1 amide bonds. The van der Waals surface area contributed by atoms with Crippen LogP contribution < -0.4 is 5.32 Å². The van der Waals surface area contributed by atoms with Crippen LogP contribution in [0.15, 0.2) is 0 Å². The van der Waals surface area contributed by atoms with E-state index < -0.39 is 6.09 Å². The van der Waals surface area contributed by atoms with E-state index in [9.17, 15) is 4.79 Å². The summed E-state index contributed by atoms with van der Waals surface area (Å²) in [6.45, 7) is 6.89. The minimum Gasteiger partial charge on any atom is -0.465 e. The van der Waals surface area contributed by atoms with Gasteiger partial charge in [0, 0.05) is 31.7 Å². The SMILES string of the molecule is CCN(C(=O)O)C1CCN(C2CCNCC2)CC1. The Bertz CT molecular complexity index is 271. The summed E-state index contributed by atoms with van der Waals surface area (Å²) in [5, 5.41) is 12.5. The fourth-order valence-corrected chi connectivity index (χ4v) is 3.28. The molecule has 0 spiro atoms. The van der Waals surface area contributed by atoms with Gasteiger partial charge in [0.25, 0.3) is 0 Å². The van der Waals surface area contributed by atoms with E-state index >= 15 is 0 Å². The average molecular weight is 255 g/mol. The third-order valence-corrected chi connectivity index (χ3v) is 4.35. The van der Waals surface area contributed by atoms with Crippen LogP contribution >= 0.6 is 0 Å². The lowest BCUT2D eigenvalue weighted by Gasteiger charge is -2.41. The van der Waals surface area contributed by atoms with Crippen molar-refractivity contribution in [3.05, 3.63) is 0 Å². The van der Waals surface area contributed by atoms with E-state index in [0.717, 1.165) is 39.0 Å². The lowest BCUT2D eigenvalue weighted by Crippen LogP contribution is -2.51. The molecule has 0 aromatic carbocycles. The Kier molecular flexibility index (Phi) is 4.83. The van der Waals surface area contributed by atoms with Crippen molar-refractivity contribution in [3.8, 4) is 0 Å². The summed E-state index contributed by atoms with van der Waals surface area (Å²) in [6, 6.07) is 0.942. The molecule has 104 valence electrons. The third-order valence-electron chi connectivity index (χ3n) is 4.35. The van der Waals surface area contributed by atoms with Gasteiger partial charge in [-0.2, -0.15) is 0 Å². The molecule has 2 heterocycles. The molecule has 0 unspecified atom stereocenters. The second-order valence-corrected chi connectivity index (χ2v) is 5.32. The Balaban J connectivity index is 1.81. The summed E-state index contributed by atoms with van der Waals surface area (Å²) in [5.41, 5.74) is 0. The van der Waals surface area contributed by atoms with Crippen LogP contribution in [0.1, 0.15) is 32.6 Å². The van der Waals surface area contributed by atoms with Crippen molar-refractivity contribution in [2.75, 3.05) is 32.7 Å². The first kappa shape index (κ1) is 13.6. The molecule has 2 aliphatic rings. The molecule has 0 aromatic rings. The molecule has 0 saturated carbocycles. The van der Waals surface area contributed by atoms with Crippen LogP contribution in [-0.4, -0.2) is 65.8 Å². The van der Waals surface area contributed by atoms with Crippen LogP contribution in [0.5, 0.6) is 0 Å². The van der Waals surface area contributed by atoms with E-state index in [2.05, 4.69) is 10.2 Å². The topological polar surface area (TPSA) is 55.8 Å². The van der Waals surface area contributed by atoms with Gasteiger partial charge in [0.2, 0.25) is 0 Å². The second-order valence-electron chi connectivity index (χ2n) is 5.32. The van der Waals surface area contributed by atoms with Gasteiger partial charge in [-0.1, -0.05) is 0 Å². The largest absolute Gasteiger partial charge is 0.465 e. The molecule has 0 aromatic heterocycles. The highest BCUT2D eigenvalue weighted by molar-refractivity contribution is 5.65.